The Morgan fingerprint density at radius 3 is 1.09 bits per heavy atom. The fraction of sp³-hybridized carbons (Fsp3) is 0.875. The lowest BCUT2D eigenvalue weighted by Crippen LogP contribution is -2.34. The van der Waals surface area contributed by atoms with E-state index in [2.05, 4.69) is 19.7 Å². The maximum Gasteiger partial charge on any atom is 0.335 e. The van der Waals surface area contributed by atoms with E-state index in [1.165, 1.54) is 52.7 Å². The molecule has 1 aliphatic carbocycles. The maximum atomic E-state index is 11.3. The van der Waals surface area contributed by atoms with Crippen LogP contribution in [0.3, 0.4) is 0 Å². The monoisotopic (exact) mass is 314 g/mol. The smallest absolute Gasteiger partial charge is 0.335 e. The second-order valence-electron chi connectivity index (χ2n) is 6.42. The number of methoxy groups -OCH3 is 2. The van der Waals surface area contributed by atoms with Crippen LogP contribution in [0.15, 0.2) is 10.2 Å². The molecule has 6 nitrogen and oxygen atoms in total. The van der Waals surface area contributed by atoms with Crippen LogP contribution in [0.2, 0.25) is 0 Å². The molecule has 0 aromatic rings. The fourth-order valence-electron chi connectivity index (χ4n) is 1.89. The molecule has 0 radical (unpaired) electrons. The average Bonchev–Trinajstić information content (AvgIpc) is 2.53. The van der Waals surface area contributed by atoms with Crippen molar-refractivity contribution < 1.29 is 19.1 Å². The van der Waals surface area contributed by atoms with Crippen LogP contribution in [0.1, 0.15) is 66.2 Å². The van der Waals surface area contributed by atoms with E-state index in [1.54, 1.807) is 27.7 Å². The number of esters is 2. The van der Waals surface area contributed by atoms with Crippen molar-refractivity contribution in [1.82, 2.24) is 0 Å². The van der Waals surface area contributed by atoms with Gasteiger partial charge < -0.3 is 9.47 Å². The summed E-state index contributed by atoms with van der Waals surface area (Å²) in [5.41, 5.74) is -2.22. The topological polar surface area (TPSA) is 77.3 Å². The highest BCUT2D eigenvalue weighted by molar-refractivity contribution is 5.81. The Labute approximate surface area is 133 Å². The second-order valence-corrected chi connectivity index (χ2v) is 6.42. The van der Waals surface area contributed by atoms with Gasteiger partial charge in [0.25, 0.3) is 0 Å². The number of ether oxygens (including phenoxy) is 2. The first-order valence-electron chi connectivity index (χ1n) is 7.78. The predicted octanol–water partition coefficient (Wildman–Crippen LogP) is 3.68. The summed E-state index contributed by atoms with van der Waals surface area (Å²) in [6, 6.07) is 0. The lowest BCUT2D eigenvalue weighted by atomic mass is 10.0. The molecule has 0 amide bonds. The van der Waals surface area contributed by atoms with E-state index < -0.39 is 23.0 Å². The molecule has 1 saturated carbocycles. The number of carbonyl (C=O) groups is 2. The molecule has 22 heavy (non-hydrogen) atoms. The van der Waals surface area contributed by atoms with Crippen LogP contribution < -0.4 is 0 Å². The van der Waals surface area contributed by atoms with Crippen molar-refractivity contribution >= 4 is 11.9 Å². The molecule has 0 unspecified atom stereocenters. The van der Waals surface area contributed by atoms with E-state index in [9.17, 15) is 9.59 Å². The summed E-state index contributed by atoms with van der Waals surface area (Å²) in [5, 5.41) is 7.63. The first-order chi connectivity index (χ1) is 10.2. The average molecular weight is 314 g/mol. The number of nitrogens with zero attached hydrogens (tertiary/aromatic N) is 2. The number of hydrogen-bond donors (Lipinski definition) is 0. The van der Waals surface area contributed by atoms with Crippen molar-refractivity contribution in [3.05, 3.63) is 0 Å². The molecule has 6 heteroatoms. The van der Waals surface area contributed by atoms with E-state index >= 15 is 0 Å². The highest BCUT2D eigenvalue weighted by Crippen LogP contribution is 2.18. The van der Waals surface area contributed by atoms with Crippen molar-refractivity contribution in [3.8, 4) is 0 Å². The number of azo groups is 1. The molecule has 0 saturated heterocycles. The Bertz CT molecular complexity index is 344. The quantitative estimate of drug-likeness (QED) is 0.586. The SMILES string of the molecule is C1CCCCC1.COC(=O)C(C)(C)N=NC(C)(C)C(=O)OC. The van der Waals surface area contributed by atoms with Crippen molar-refractivity contribution in [3.63, 3.8) is 0 Å². The molecule has 1 fully saturated rings. The van der Waals surface area contributed by atoms with E-state index in [4.69, 9.17) is 0 Å². The molecule has 0 aromatic carbocycles. The van der Waals surface area contributed by atoms with Crippen molar-refractivity contribution in [2.45, 2.75) is 77.3 Å². The zero-order valence-corrected chi connectivity index (χ0v) is 14.8. The number of rotatable bonds is 4. The molecule has 0 N–H and O–H groups in total. The summed E-state index contributed by atoms with van der Waals surface area (Å²) in [5.74, 6) is -1.03. The van der Waals surface area contributed by atoms with Crippen LogP contribution in [-0.2, 0) is 19.1 Å². The molecule has 1 rings (SSSR count). The standard InChI is InChI=1S/C10H18N2O4.C6H12/c1-9(2,7(13)15-5)11-12-10(3,4)8(14)16-6;1-2-4-6-5-3-1/h1-6H3;1-6H2. The molecular weight excluding hydrogens is 284 g/mol. The summed E-state index contributed by atoms with van der Waals surface area (Å²) < 4.78 is 9.12. The summed E-state index contributed by atoms with van der Waals surface area (Å²) in [6.45, 7) is 6.21. The van der Waals surface area contributed by atoms with Crippen molar-refractivity contribution in [2.24, 2.45) is 10.2 Å². The molecule has 1 aliphatic rings. The van der Waals surface area contributed by atoms with Gasteiger partial charge in [0, 0.05) is 0 Å². The van der Waals surface area contributed by atoms with Gasteiger partial charge in [0.05, 0.1) is 14.2 Å². The molecule has 0 bridgehead atoms. The summed E-state index contributed by atoms with van der Waals surface area (Å²) >= 11 is 0. The zero-order valence-electron chi connectivity index (χ0n) is 14.8. The predicted molar refractivity (Wildman–Crippen MR) is 84.7 cm³/mol. The molecule has 128 valence electrons. The van der Waals surface area contributed by atoms with E-state index in [0.717, 1.165) is 0 Å². The van der Waals surface area contributed by atoms with E-state index in [-0.39, 0.29) is 0 Å². The summed E-state index contributed by atoms with van der Waals surface area (Å²) in [7, 11) is 2.54. The van der Waals surface area contributed by atoms with E-state index in [0.29, 0.717) is 0 Å². The van der Waals surface area contributed by atoms with Crippen molar-refractivity contribution in [1.29, 1.82) is 0 Å². The van der Waals surface area contributed by atoms with Gasteiger partial charge in [-0.2, -0.15) is 10.2 Å². The van der Waals surface area contributed by atoms with E-state index in [1.807, 2.05) is 0 Å². The van der Waals surface area contributed by atoms with Crippen molar-refractivity contribution in [2.75, 3.05) is 14.2 Å². The lowest BCUT2D eigenvalue weighted by Gasteiger charge is -2.19. The Morgan fingerprint density at radius 1 is 0.682 bits per heavy atom. The molecule has 0 heterocycles. The Morgan fingerprint density at radius 2 is 0.909 bits per heavy atom. The van der Waals surface area contributed by atoms with Crippen LogP contribution in [0, 0.1) is 0 Å². The zero-order chi connectivity index (χ0) is 17.2. The van der Waals surface area contributed by atoms with Gasteiger partial charge in [0.2, 0.25) is 0 Å². The Balaban J connectivity index is 0.000000604. The molecule has 0 aliphatic heterocycles. The first kappa shape index (κ1) is 20.5. The highest BCUT2D eigenvalue weighted by atomic mass is 16.5. The van der Waals surface area contributed by atoms with Gasteiger partial charge in [-0.1, -0.05) is 38.5 Å². The minimum atomic E-state index is -1.11. The van der Waals surface area contributed by atoms with Crippen LogP contribution >= 0.6 is 0 Å². The molecule has 0 atom stereocenters. The fourth-order valence-corrected chi connectivity index (χ4v) is 1.89. The minimum Gasteiger partial charge on any atom is -0.467 e. The number of hydrogen-bond acceptors (Lipinski definition) is 6. The maximum absolute atomic E-state index is 11.3. The van der Waals surface area contributed by atoms with Gasteiger partial charge in [0.15, 0.2) is 11.1 Å². The normalized spacial score (nSPS) is 15.7. The van der Waals surface area contributed by atoms with Gasteiger partial charge in [-0.25, -0.2) is 9.59 Å². The summed E-state index contributed by atoms with van der Waals surface area (Å²) in [4.78, 5) is 22.6. The highest BCUT2D eigenvalue weighted by Gasteiger charge is 2.33. The number of carbonyl (C=O) groups excluding carboxylic acids is 2. The van der Waals surface area contributed by atoms with Crippen LogP contribution in [0.4, 0.5) is 0 Å². The Hall–Kier alpha value is -1.46. The molecule has 0 spiro atoms. The minimum absolute atomic E-state index is 0.517. The third kappa shape index (κ3) is 7.52. The largest absolute Gasteiger partial charge is 0.467 e. The van der Waals surface area contributed by atoms with Crippen LogP contribution in [0.5, 0.6) is 0 Å². The van der Waals surface area contributed by atoms with Crippen LogP contribution in [-0.4, -0.2) is 37.2 Å². The lowest BCUT2D eigenvalue weighted by molar-refractivity contribution is -0.148. The molecular formula is C16H30N2O4. The second kappa shape index (κ2) is 9.54. The van der Waals surface area contributed by atoms with Gasteiger partial charge in [-0.15, -0.1) is 0 Å². The third-order valence-electron chi connectivity index (χ3n) is 3.42. The third-order valence-corrected chi connectivity index (χ3v) is 3.42. The summed E-state index contributed by atoms with van der Waals surface area (Å²) in [6.07, 6.45) is 9.00. The Kier molecular flexibility index (Phi) is 8.90. The molecule has 0 aromatic heterocycles. The van der Waals surface area contributed by atoms with Gasteiger partial charge >= 0.3 is 11.9 Å². The van der Waals surface area contributed by atoms with Gasteiger partial charge in [-0.05, 0) is 27.7 Å². The van der Waals surface area contributed by atoms with Gasteiger partial charge in [0.1, 0.15) is 0 Å². The van der Waals surface area contributed by atoms with Gasteiger partial charge in [-0.3, -0.25) is 0 Å². The van der Waals surface area contributed by atoms with Crippen LogP contribution in [0.25, 0.3) is 0 Å². The first-order valence-corrected chi connectivity index (χ1v) is 7.78.